The second kappa shape index (κ2) is 5.72. The van der Waals surface area contributed by atoms with E-state index in [1.807, 2.05) is 30.3 Å². The van der Waals surface area contributed by atoms with Crippen LogP contribution in [0.25, 0.3) is 16.8 Å². The number of carbonyl (C=O) groups is 1. The maximum Gasteiger partial charge on any atom is 0.341 e. The summed E-state index contributed by atoms with van der Waals surface area (Å²) in [5.41, 5.74) is 1.46. The van der Waals surface area contributed by atoms with Gasteiger partial charge >= 0.3 is 11.6 Å². The van der Waals surface area contributed by atoms with E-state index in [0.717, 1.165) is 5.69 Å². The van der Waals surface area contributed by atoms with Crippen molar-refractivity contribution in [2.24, 2.45) is 0 Å². The molecule has 0 bridgehead atoms. The van der Waals surface area contributed by atoms with Crippen LogP contribution in [0.2, 0.25) is 0 Å². The zero-order valence-corrected chi connectivity index (χ0v) is 13.1. The van der Waals surface area contributed by atoms with Crippen molar-refractivity contribution in [3.8, 4) is 5.69 Å². The fourth-order valence-corrected chi connectivity index (χ4v) is 2.54. The SMILES string of the molecule is CCOC(=O)c1c(C)c(=O)oc2c1c(C)nn2-c1ccccc1. The van der Waals surface area contributed by atoms with E-state index in [0.29, 0.717) is 11.1 Å². The Kier molecular flexibility index (Phi) is 3.73. The molecule has 0 spiro atoms. The lowest BCUT2D eigenvalue weighted by Crippen LogP contribution is -2.15. The van der Waals surface area contributed by atoms with E-state index in [4.69, 9.17) is 9.15 Å². The Morgan fingerprint density at radius 1 is 1.26 bits per heavy atom. The van der Waals surface area contributed by atoms with Crippen LogP contribution in [0.15, 0.2) is 39.5 Å². The van der Waals surface area contributed by atoms with E-state index in [-0.39, 0.29) is 23.4 Å². The van der Waals surface area contributed by atoms with Gasteiger partial charge in [-0.15, -0.1) is 0 Å². The van der Waals surface area contributed by atoms with E-state index < -0.39 is 11.6 Å². The summed E-state index contributed by atoms with van der Waals surface area (Å²) in [6.45, 7) is 5.27. The monoisotopic (exact) mass is 312 g/mol. The van der Waals surface area contributed by atoms with Crippen LogP contribution >= 0.6 is 0 Å². The molecule has 1 aromatic carbocycles. The van der Waals surface area contributed by atoms with Gasteiger partial charge in [0.25, 0.3) is 0 Å². The number of esters is 1. The maximum atomic E-state index is 12.3. The van der Waals surface area contributed by atoms with Crippen molar-refractivity contribution < 1.29 is 13.9 Å². The first-order valence-electron chi connectivity index (χ1n) is 7.30. The van der Waals surface area contributed by atoms with Crippen molar-refractivity contribution in [1.82, 2.24) is 9.78 Å². The highest BCUT2D eigenvalue weighted by molar-refractivity contribution is 6.04. The molecule has 3 aromatic rings. The first kappa shape index (κ1) is 15.0. The van der Waals surface area contributed by atoms with Gasteiger partial charge in [-0.05, 0) is 32.9 Å². The molecule has 6 nitrogen and oxygen atoms in total. The van der Waals surface area contributed by atoms with Crippen molar-refractivity contribution >= 4 is 17.1 Å². The highest BCUT2D eigenvalue weighted by atomic mass is 16.5. The second-order valence-electron chi connectivity index (χ2n) is 5.12. The summed E-state index contributed by atoms with van der Waals surface area (Å²) in [7, 11) is 0. The number of para-hydroxylation sites is 1. The van der Waals surface area contributed by atoms with Crippen LogP contribution < -0.4 is 5.63 Å². The maximum absolute atomic E-state index is 12.3. The van der Waals surface area contributed by atoms with Crippen LogP contribution in [0.4, 0.5) is 0 Å². The molecule has 0 radical (unpaired) electrons. The molecule has 2 aromatic heterocycles. The number of hydrogen-bond acceptors (Lipinski definition) is 5. The van der Waals surface area contributed by atoms with Gasteiger partial charge in [0.2, 0.25) is 5.71 Å². The van der Waals surface area contributed by atoms with Gasteiger partial charge in [0.15, 0.2) is 0 Å². The Hall–Kier alpha value is -2.89. The molecule has 0 atom stereocenters. The van der Waals surface area contributed by atoms with E-state index in [1.165, 1.54) is 4.68 Å². The summed E-state index contributed by atoms with van der Waals surface area (Å²) < 4.78 is 12.0. The molecule has 0 aliphatic heterocycles. The van der Waals surface area contributed by atoms with Crippen LogP contribution in [0.1, 0.15) is 28.5 Å². The molecule has 0 amide bonds. The van der Waals surface area contributed by atoms with Crippen molar-refractivity contribution in [3.05, 3.63) is 57.6 Å². The fraction of sp³-hybridized carbons (Fsp3) is 0.235. The average Bonchev–Trinajstić information content (AvgIpc) is 2.86. The summed E-state index contributed by atoms with van der Waals surface area (Å²) in [4.78, 5) is 24.4. The lowest BCUT2D eigenvalue weighted by atomic mass is 10.1. The van der Waals surface area contributed by atoms with Crippen molar-refractivity contribution in [2.45, 2.75) is 20.8 Å². The number of aromatic nitrogens is 2. The summed E-state index contributed by atoms with van der Waals surface area (Å²) in [5, 5.41) is 4.93. The quantitative estimate of drug-likeness (QED) is 0.695. The number of rotatable bonds is 3. The van der Waals surface area contributed by atoms with E-state index >= 15 is 0 Å². The molecule has 0 fully saturated rings. The zero-order chi connectivity index (χ0) is 16.6. The number of aryl methyl sites for hydroxylation is 1. The van der Waals surface area contributed by atoms with Crippen molar-refractivity contribution in [1.29, 1.82) is 0 Å². The van der Waals surface area contributed by atoms with E-state index in [1.54, 1.807) is 20.8 Å². The summed E-state index contributed by atoms with van der Waals surface area (Å²) in [6.07, 6.45) is 0. The van der Waals surface area contributed by atoms with Crippen LogP contribution in [-0.4, -0.2) is 22.4 Å². The molecule has 0 saturated heterocycles. The number of nitrogens with zero attached hydrogens (tertiary/aromatic N) is 2. The zero-order valence-electron chi connectivity index (χ0n) is 13.1. The third kappa shape index (κ3) is 2.42. The second-order valence-corrected chi connectivity index (χ2v) is 5.12. The molecule has 118 valence electrons. The predicted octanol–water partition coefficient (Wildman–Crippen LogP) is 2.77. The molecular formula is C17H16N2O4. The third-order valence-corrected chi connectivity index (χ3v) is 3.62. The van der Waals surface area contributed by atoms with Crippen molar-refractivity contribution in [2.75, 3.05) is 6.61 Å². The van der Waals surface area contributed by atoms with Gasteiger partial charge in [0.05, 0.1) is 28.9 Å². The van der Waals surface area contributed by atoms with Crippen LogP contribution in [0, 0.1) is 13.8 Å². The lowest BCUT2D eigenvalue weighted by molar-refractivity contribution is 0.0527. The van der Waals surface area contributed by atoms with Gasteiger partial charge in [-0.2, -0.15) is 9.78 Å². The molecule has 23 heavy (non-hydrogen) atoms. The lowest BCUT2D eigenvalue weighted by Gasteiger charge is -2.07. The Morgan fingerprint density at radius 2 is 1.96 bits per heavy atom. The molecule has 3 rings (SSSR count). The first-order valence-corrected chi connectivity index (χ1v) is 7.30. The molecule has 0 saturated carbocycles. The minimum atomic E-state index is -0.572. The fourth-order valence-electron chi connectivity index (χ4n) is 2.54. The minimum absolute atomic E-state index is 0.220. The highest BCUT2D eigenvalue weighted by Gasteiger charge is 2.24. The molecule has 0 aliphatic carbocycles. The third-order valence-electron chi connectivity index (χ3n) is 3.62. The van der Waals surface area contributed by atoms with Gasteiger partial charge < -0.3 is 9.15 Å². The minimum Gasteiger partial charge on any atom is -0.462 e. The normalized spacial score (nSPS) is 10.9. The molecule has 0 unspecified atom stereocenters. The Bertz CT molecular complexity index is 939. The highest BCUT2D eigenvalue weighted by Crippen LogP contribution is 2.26. The largest absolute Gasteiger partial charge is 0.462 e. The Balaban J connectivity index is 2.38. The van der Waals surface area contributed by atoms with Gasteiger partial charge in [0.1, 0.15) is 0 Å². The van der Waals surface area contributed by atoms with E-state index in [2.05, 4.69) is 5.10 Å². The molecule has 6 heteroatoms. The number of fused-ring (bicyclic) bond motifs is 1. The van der Waals surface area contributed by atoms with Gasteiger partial charge in [-0.1, -0.05) is 18.2 Å². The van der Waals surface area contributed by atoms with E-state index in [9.17, 15) is 9.59 Å². The topological polar surface area (TPSA) is 74.3 Å². The summed E-state index contributed by atoms with van der Waals surface area (Å²) in [5.74, 6) is -0.543. The van der Waals surface area contributed by atoms with Crippen molar-refractivity contribution in [3.63, 3.8) is 0 Å². The first-order chi connectivity index (χ1) is 11.0. The smallest absolute Gasteiger partial charge is 0.341 e. The van der Waals surface area contributed by atoms with Crippen LogP contribution in [0.3, 0.4) is 0 Å². The van der Waals surface area contributed by atoms with Crippen LogP contribution in [-0.2, 0) is 4.74 Å². The van der Waals surface area contributed by atoms with Gasteiger partial charge in [-0.25, -0.2) is 9.59 Å². The standard InChI is InChI=1S/C17H16N2O4/c1-4-22-17(21)13-10(2)16(20)23-15-14(13)11(3)18-19(15)12-8-6-5-7-9-12/h5-9H,4H2,1-3H3. The number of carbonyl (C=O) groups excluding carboxylic acids is 1. The molecular weight excluding hydrogens is 296 g/mol. The molecule has 0 N–H and O–H groups in total. The average molecular weight is 312 g/mol. The number of ether oxygens (including phenoxy) is 1. The summed E-state index contributed by atoms with van der Waals surface area (Å²) >= 11 is 0. The number of hydrogen-bond donors (Lipinski definition) is 0. The van der Waals surface area contributed by atoms with Crippen LogP contribution in [0.5, 0.6) is 0 Å². The number of benzene rings is 1. The Morgan fingerprint density at radius 3 is 2.61 bits per heavy atom. The predicted molar refractivity (Wildman–Crippen MR) is 85.0 cm³/mol. The van der Waals surface area contributed by atoms with Gasteiger partial charge in [-0.3, -0.25) is 0 Å². The van der Waals surface area contributed by atoms with Gasteiger partial charge in [0, 0.05) is 5.56 Å². The summed E-state index contributed by atoms with van der Waals surface area (Å²) in [6, 6.07) is 9.28. The Labute approximate surface area is 132 Å². The molecule has 2 heterocycles. The molecule has 0 aliphatic rings.